The van der Waals surface area contributed by atoms with Gasteiger partial charge in [-0.25, -0.2) is 0 Å². The number of hydrogen-bond donors (Lipinski definition) is 2. The van der Waals surface area contributed by atoms with Crippen LogP contribution in [0, 0.1) is 0 Å². The molecule has 1 aliphatic rings. The fraction of sp³-hybridized carbons (Fsp3) is 0.294. The van der Waals surface area contributed by atoms with Crippen LogP contribution in [0.15, 0.2) is 42.5 Å². The third-order valence-corrected chi connectivity index (χ3v) is 4.26. The summed E-state index contributed by atoms with van der Waals surface area (Å²) in [5.74, 6) is -1.96. The minimum absolute atomic E-state index is 0.483. The van der Waals surface area contributed by atoms with Gasteiger partial charge in [-0.05, 0) is 29.2 Å². The van der Waals surface area contributed by atoms with E-state index in [4.69, 9.17) is 0 Å². The van der Waals surface area contributed by atoms with Gasteiger partial charge >= 0.3 is 11.9 Å². The van der Waals surface area contributed by atoms with E-state index >= 15 is 0 Å². The number of carboxylic acid groups (broad SMARTS) is 2. The molecule has 2 N–H and O–H groups in total. The van der Waals surface area contributed by atoms with Crippen LogP contribution in [0.4, 0.5) is 0 Å². The molecule has 0 radical (unpaired) electrons. The van der Waals surface area contributed by atoms with Crippen LogP contribution in [0.3, 0.4) is 0 Å². The molecule has 5 nitrogen and oxygen atoms in total. The Labute approximate surface area is 127 Å². The molecule has 22 heavy (non-hydrogen) atoms. The Morgan fingerprint density at radius 2 is 1.82 bits per heavy atom. The maximum atomic E-state index is 11.9. The number of hydrogen-bond acceptors (Lipinski definition) is 3. The lowest BCUT2D eigenvalue weighted by atomic mass is 9.97. The molecule has 0 aliphatic carbocycles. The topological polar surface area (TPSA) is 77.8 Å². The van der Waals surface area contributed by atoms with Crippen molar-refractivity contribution in [2.24, 2.45) is 0 Å². The zero-order chi connectivity index (χ0) is 15.7. The third kappa shape index (κ3) is 2.44. The fourth-order valence-corrected chi connectivity index (χ4v) is 3.31. The van der Waals surface area contributed by atoms with E-state index in [0.717, 1.165) is 10.8 Å². The van der Waals surface area contributed by atoms with Gasteiger partial charge in [0.25, 0.3) is 0 Å². The van der Waals surface area contributed by atoms with Gasteiger partial charge in [-0.2, -0.15) is 0 Å². The van der Waals surface area contributed by atoms with Gasteiger partial charge in [0.2, 0.25) is 0 Å². The summed E-state index contributed by atoms with van der Waals surface area (Å²) >= 11 is 0. The zero-order valence-corrected chi connectivity index (χ0v) is 12.0. The molecule has 2 unspecified atom stereocenters. The van der Waals surface area contributed by atoms with Crippen LogP contribution in [-0.4, -0.2) is 39.6 Å². The first-order chi connectivity index (χ1) is 10.6. The second-order valence-corrected chi connectivity index (χ2v) is 5.54. The number of rotatable bonds is 4. The average Bonchev–Trinajstić information content (AvgIpc) is 2.97. The van der Waals surface area contributed by atoms with Gasteiger partial charge in [-0.1, -0.05) is 42.5 Å². The largest absolute Gasteiger partial charge is 0.480 e. The van der Waals surface area contributed by atoms with E-state index in [1.54, 1.807) is 11.0 Å². The molecule has 0 amide bonds. The van der Waals surface area contributed by atoms with Crippen molar-refractivity contribution in [3.8, 4) is 0 Å². The maximum absolute atomic E-state index is 11.9. The number of likely N-dealkylation sites (tertiary alicyclic amines) is 1. The van der Waals surface area contributed by atoms with Crippen molar-refractivity contribution >= 4 is 22.7 Å². The van der Waals surface area contributed by atoms with Crippen molar-refractivity contribution in [3.63, 3.8) is 0 Å². The summed E-state index contributed by atoms with van der Waals surface area (Å²) in [6.45, 7) is 0.483. The van der Waals surface area contributed by atoms with E-state index in [0.29, 0.717) is 24.9 Å². The normalized spacial score (nSPS) is 20.1. The van der Waals surface area contributed by atoms with E-state index in [1.807, 2.05) is 36.4 Å². The molecule has 0 saturated carbocycles. The van der Waals surface area contributed by atoms with Crippen molar-refractivity contribution < 1.29 is 19.8 Å². The van der Waals surface area contributed by atoms with Crippen molar-refractivity contribution in [1.29, 1.82) is 0 Å². The lowest BCUT2D eigenvalue weighted by Crippen LogP contribution is -2.42. The van der Waals surface area contributed by atoms with Gasteiger partial charge in [0.15, 0.2) is 0 Å². The zero-order valence-electron chi connectivity index (χ0n) is 12.0. The summed E-state index contributed by atoms with van der Waals surface area (Å²) in [5.41, 5.74) is 0.652. The van der Waals surface area contributed by atoms with Gasteiger partial charge < -0.3 is 10.2 Å². The summed E-state index contributed by atoms with van der Waals surface area (Å²) < 4.78 is 0. The fourth-order valence-electron chi connectivity index (χ4n) is 3.31. The second kappa shape index (κ2) is 5.77. The SMILES string of the molecule is O=C(O)C1CCCN1C(C(=O)O)c1cccc2ccccc12. The molecule has 1 saturated heterocycles. The summed E-state index contributed by atoms with van der Waals surface area (Å²) in [6.07, 6.45) is 1.19. The van der Waals surface area contributed by atoms with E-state index in [2.05, 4.69) is 0 Å². The smallest absolute Gasteiger partial charge is 0.325 e. The Morgan fingerprint density at radius 3 is 2.55 bits per heavy atom. The monoisotopic (exact) mass is 299 g/mol. The molecule has 0 aromatic heterocycles. The first-order valence-corrected chi connectivity index (χ1v) is 7.28. The van der Waals surface area contributed by atoms with Gasteiger partial charge in [0, 0.05) is 6.54 Å². The first-order valence-electron chi connectivity index (χ1n) is 7.28. The maximum Gasteiger partial charge on any atom is 0.325 e. The molecular formula is C17H17NO4. The number of carbonyl (C=O) groups is 2. The predicted octanol–water partition coefficient (Wildman–Crippen LogP) is 2.51. The molecule has 0 spiro atoms. The van der Waals surface area contributed by atoms with Crippen molar-refractivity contribution in [2.45, 2.75) is 24.9 Å². The summed E-state index contributed by atoms with van der Waals surface area (Å²) in [7, 11) is 0. The second-order valence-electron chi connectivity index (χ2n) is 5.54. The highest BCUT2D eigenvalue weighted by Crippen LogP contribution is 2.33. The Balaban J connectivity index is 2.11. The average molecular weight is 299 g/mol. The standard InChI is InChI=1S/C17H17NO4/c19-16(20)14-9-4-10-18(14)15(17(21)22)13-8-3-6-11-5-1-2-7-12(11)13/h1-3,5-8,14-15H,4,9-10H2,(H,19,20)(H,21,22). The van der Waals surface area contributed by atoms with Crippen LogP contribution in [0.1, 0.15) is 24.4 Å². The van der Waals surface area contributed by atoms with Gasteiger partial charge in [0.05, 0.1) is 0 Å². The van der Waals surface area contributed by atoms with E-state index in [-0.39, 0.29) is 0 Å². The molecule has 5 heteroatoms. The molecule has 3 rings (SSSR count). The highest BCUT2D eigenvalue weighted by Gasteiger charge is 2.39. The molecule has 114 valence electrons. The van der Waals surface area contributed by atoms with Crippen molar-refractivity contribution in [2.75, 3.05) is 6.54 Å². The lowest BCUT2D eigenvalue weighted by Gasteiger charge is -2.29. The Kier molecular flexibility index (Phi) is 3.81. The quantitative estimate of drug-likeness (QED) is 0.907. The minimum Gasteiger partial charge on any atom is -0.480 e. The lowest BCUT2D eigenvalue weighted by molar-refractivity contribution is -0.149. The van der Waals surface area contributed by atoms with Gasteiger partial charge in [-0.3, -0.25) is 14.5 Å². The molecule has 1 heterocycles. The summed E-state index contributed by atoms with van der Waals surface area (Å²) in [5, 5.41) is 20.9. The first kappa shape index (κ1) is 14.5. The van der Waals surface area contributed by atoms with Crippen molar-refractivity contribution in [1.82, 2.24) is 4.90 Å². The third-order valence-electron chi connectivity index (χ3n) is 4.26. The highest BCUT2D eigenvalue weighted by atomic mass is 16.4. The highest BCUT2D eigenvalue weighted by molar-refractivity contribution is 5.91. The summed E-state index contributed by atoms with van der Waals surface area (Å²) in [4.78, 5) is 24.9. The number of carboxylic acids is 2. The molecule has 0 bridgehead atoms. The number of nitrogens with zero attached hydrogens (tertiary/aromatic N) is 1. The molecule has 1 aliphatic heterocycles. The number of fused-ring (bicyclic) bond motifs is 1. The van der Waals surface area contributed by atoms with Crippen LogP contribution < -0.4 is 0 Å². The summed E-state index contributed by atoms with van der Waals surface area (Å²) in [6, 6.07) is 11.4. The Hall–Kier alpha value is -2.40. The van der Waals surface area contributed by atoms with E-state index < -0.39 is 24.0 Å². The van der Waals surface area contributed by atoms with Crippen LogP contribution in [0.5, 0.6) is 0 Å². The Bertz CT molecular complexity index is 722. The molecule has 1 fully saturated rings. The number of aliphatic carboxylic acids is 2. The van der Waals surface area contributed by atoms with Crippen LogP contribution >= 0.6 is 0 Å². The van der Waals surface area contributed by atoms with E-state index in [9.17, 15) is 19.8 Å². The van der Waals surface area contributed by atoms with Gasteiger partial charge in [-0.15, -0.1) is 0 Å². The number of benzene rings is 2. The minimum atomic E-state index is -1.01. The van der Waals surface area contributed by atoms with Crippen LogP contribution in [0.2, 0.25) is 0 Å². The molecule has 2 aromatic rings. The van der Waals surface area contributed by atoms with E-state index in [1.165, 1.54) is 0 Å². The molecule has 2 aromatic carbocycles. The van der Waals surface area contributed by atoms with Crippen LogP contribution in [-0.2, 0) is 9.59 Å². The molecule has 2 atom stereocenters. The predicted molar refractivity (Wildman–Crippen MR) is 81.7 cm³/mol. The molecular weight excluding hydrogens is 282 g/mol. The van der Waals surface area contributed by atoms with Crippen molar-refractivity contribution in [3.05, 3.63) is 48.0 Å². The van der Waals surface area contributed by atoms with Gasteiger partial charge in [0.1, 0.15) is 12.1 Å². The Morgan fingerprint density at radius 1 is 1.09 bits per heavy atom. The van der Waals surface area contributed by atoms with Crippen LogP contribution in [0.25, 0.3) is 10.8 Å².